The predicted molar refractivity (Wildman–Crippen MR) is 98.4 cm³/mol. The van der Waals surface area contributed by atoms with E-state index in [-0.39, 0.29) is 5.91 Å². The topological polar surface area (TPSA) is 64.7 Å². The van der Waals surface area contributed by atoms with Crippen LogP contribution in [0, 0.1) is 13.8 Å². The number of benzene rings is 1. The minimum absolute atomic E-state index is 0.224. The molecule has 0 atom stereocenters. The van der Waals surface area contributed by atoms with Crippen LogP contribution < -0.4 is 5.32 Å². The molecule has 6 nitrogen and oxygen atoms in total. The molecule has 0 spiro atoms. The summed E-state index contributed by atoms with van der Waals surface area (Å²) in [6, 6.07) is 7.07. The minimum atomic E-state index is -0.224. The van der Waals surface area contributed by atoms with E-state index >= 15 is 0 Å². The highest BCUT2D eigenvalue weighted by atomic mass is 35.5. The van der Waals surface area contributed by atoms with E-state index in [2.05, 4.69) is 15.5 Å². The van der Waals surface area contributed by atoms with E-state index < -0.39 is 0 Å². The van der Waals surface area contributed by atoms with Crippen molar-refractivity contribution in [2.75, 3.05) is 5.32 Å². The number of hydrogen-bond acceptors (Lipinski definition) is 3. The molecule has 25 heavy (non-hydrogen) atoms. The highest BCUT2D eigenvalue weighted by Gasteiger charge is 2.18. The maximum Gasteiger partial charge on any atom is 0.260 e. The van der Waals surface area contributed by atoms with Gasteiger partial charge in [-0.3, -0.25) is 14.2 Å². The second-order valence-corrected chi connectivity index (χ2v) is 6.60. The summed E-state index contributed by atoms with van der Waals surface area (Å²) in [7, 11) is 1.81. The second-order valence-electron chi connectivity index (χ2n) is 5.76. The van der Waals surface area contributed by atoms with Gasteiger partial charge >= 0.3 is 0 Å². The fraction of sp³-hybridized carbons (Fsp3) is 0.235. The number of nitrogens with one attached hydrogen (secondary N) is 1. The third-order valence-electron chi connectivity index (χ3n) is 3.97. The molecule has 1 N–H and O–H groups in total. The quantitative estimate of drug-likeness (QED) is 0.750. The fourth-order valence-corrected chi connectivity index (χ4v) is 3.09. The summed E-state index contributed by atoms with van der Waals surface area (Å²) in [5.74, 6) is 0.246. The predicted octanol–water partition coefficient (Wildman–Crippen LogP) is 3.84. The summed E-state index contributed by atoms with van der Waals surface area (Å²) in [5, 5.41) is 12.6. The summed E-state index contributed by atoms with van der Waals surface area (Å²) in [6.07, 6.45) is 1.78. The lowest BCUT2D eigenvalue weighted by molar-refractivity contribution is 0.102. The van der Waals surface area contributed by atoms with E-state index in [0.717, 1.165) is 11.3 Å². The molecule has 3 aromatic rings. The molecule has 130 valence electrons. The van der Waals surface area contributed by atoms with Crippen LogP contribution in [-0.4, -0.2) is 25.5 Å². The molecule has 0 saturated heterocycles. The molecule has 0 aliphatic rings. The van der Waals surface area contributed by atoms with E-state index in [1.165, 1.54) is 0 Å². The largest absolute Gasteiger partial charge is 0.305 e. The smallest absolute Gasteiger partial charge is 0.260 e. The Bertz CT molecular complexity index is 945. The Balaban J connectivity index is 1.74. The molecular formula is C17H17Cl2N5O. The molecule has 0 aliphatic heterocycles. The molecule has 3 rings (SSSR count). The minimum Gasteiger partial charge on any atom is -0.305 e. The van der Waals surface area contributed by atoms with Crippen LogP contribution in [0.25, 0.3) is 0 Å². The molecule has 0 saturated carbocycles. The van der Waals surface area contributed by atoms with Crippen molar-refractivity contribution in [3.05, 3.63) is 63.0 Å². The van der Waals surface area contributed by atoms with Gasteiger partial charge in [-0.2, -0.15) is 10.2 Å². The Morgan fingerprint density at radius 1 is 1.20 bits per heavy atom. The van der Waals surface area contributed by atoms with Crippen molar-refractivity contribution < 1.29 is 4.79 Å². The lowest BCUT2D eigenvalue weighted by Gasteiger charge is -2.05. The third kappa shape index (κ3) is 3.70. The fourth-order valence-electron chi connectivity index (χ4n) is 2.62. The lowest BCUT2D eigenvalue weighted by atomic mass is 10.2. The Hall–Kier alpha value is -2.31. The number of rotatable bonds is 4. The van der Waals surface area contributed by atoms with Gasteiger partial charge in [0.15, 0.2) is 5.82 Å². The van der Waals surface area contributed by atoms with Gasteiger partial charge in [0.1, 0.15) is 0 Å². The van der Waals surface area contributed by atoms with E-state index in [9.17, 15) is 4.79 Å². The number of aromatic nitrogens is 4. The number of amides is 1. The van der Waals surface area contributed by atoms with Crippen molar-refractivity contribution in [3.8, 4) is 0 Å². The Morgan fingerprint density at radius 3 is 2.60 bits per heavy atom. The molecule has 8 heteroatoms. The number of hydrogen-bond donors (Lipinski definition) is 1. The number of carbonyl (C=O) groups is 1. The van der Waals surface area contributed by atoms with Gasteiger partial charge in [0.25, 0.3) is 5.91 Å². The van der Waals surface area contributed by atoms with Gasteiger partial charge in [-0.1, -0.05) is 29.3 Å². The lowest BCUT2D eigenvalue weighted by Crippen LogP contribution is -2.15. The van der Waals surface area contributed by atoms with Gasteiger partial charge in [-0.15, -0.1) is 0 Å². The van der Waals surface area contributed by atoms with Crippen LogP contribution in [0.1, 0.15) is 27.3 Å². The maximum absolute atomic E-state index is 12.5. The van der Waals surface area contributed by atoms with Crippen LogP contribution in [0.3, 0.4) is 0 Å². The van der Waals surface area contributed by atoms with Crippen molar-refractivity contribution in [2.45, 2.75) is 20.4 Å². The number of anilines is 1. The van der Waals surface area contributed by atoms with Gasteiger partial charge < -0.3 is 5.32 Å². The summed E-state index contributed by atoms with van der Waals surface area (Å²) in [4.78, 5) is 12.5. The molecule has 1 amide bonds. The van der Waals surface area contributed by atoms with Crippen molar-refractivity contribution in [3.63, 3.8) is 0 Å². The number of carbonyl (C=O) groups excluding carboxylic acids is 1. The monoisotopic (exact) mass is 377 g/mol. The first-order valence-corrected chi connectivity index (χ1v) is 8.39. The van der Waals surface area contributed by atoms with Gasteiger partial charge in [-0.25, -0.2) is 0 Å². The van der Waals surface area contributed by atoms with E-state index in [4.69, 9.17) is 23.2 Å². The Kier molecular flexibility index (Phi) is 4.83. The molecule has 0 unspecified atom stereocenters. The summed E-state index contributed by atoms with van der Waals surface area (Å²) >= 11 is 12.1. The second kappa shape index (κ2) is 6.90. The molecular weight excluding hydrogens is 361 g/mol. The summed E-state index contributed by atoms with van der Waals surface area (Å²) in [6.45, 7) is 4.15. The SMILES string of the molecule is Cc1nn(C)c(C)c1C(=O)Nc1ccn(Cc2ccc(Cl)cc2Cl)n1. The molecule has 0 fully saturated rings. The van der Waals surface area contributed by atoms with Crippen molar-refractivity contribution >= 4 is 34.9 Å². The van der Waals surface area contributed by atoms with E-state index in [1.54, 1.807) is 33.8 Å². The Labute approximate surface area is 155 Å². The van der Waals surface area contributed by atoms with Gasteiger partial charge in [0.2, 0.25) is 0 Å². The van der Waals surface area contributed by atoms with E-state index in [1.807, 2.05) is 27.0 Å². The number of nitrogens with zero attached hydrogens (tertiary/aromatic N) is 4. The first-order chi connectivity index (χ1) is 11.8. The van der Waals surface area contributed by atoms with Gasteiger partial charge in [-0.05, 0) is 31.5 Å². The van der Waals surface area contributed by atoms with Crippen LogP contribution >= 0.6 is 23.2 Å². The maximum atomic E-state index is 12.5. The van der Waals surface area contributed by atoms with Crippen molar-refractivity contribution in [1.29, 1.82) is 0 Å². The summed E-state index contributed by atoms with van der Waals surface area (Å²) < 4.78 is 3.39. The van der Waals surface area contributed by atoms with Crippen LogP contribution in [-0.2, 0) is 13.6 Å². The van der Waals surface area contributed by atoms with Crippen LogP contribution in [0.2, 0.25) is 10.0 Å². The zero-order chi connectivity index (χ0) is 18.1. The van der Waals surface area contributed by atoms with Crippen molar-refractivity contribution in [1.82, 2.24) is 19.6 Å². The normalized spacial score (nSPS) is 10.9. The molecule has 0 radical (unpaired) electrons. The average molecular weight is 378 g/mol. The zero-order valence-electron chi connectivity index (χ0n) is 14.0. The van der Waals surface area contributed by atoms with Crippen LogP contribution in [0.5, 0.6) is 0 Å². The van der Waals surface area contributed by atoms with Gasteiger partial charge in [0, 0.05) is 35.1 Å². The van der Waals surface area contributed by atoms with Crippen LogP contribution in [0.4, 0.5) is 5.82 Å². The number of halogens is 2. The zero-order valence-corrected chi connectivity index (χ0v) is 15.6. The van der Waals surface area contributed by atoms with Crippen molar-refractivity contribution in [2.24, 2.45) is 7.05 Å². The average Bonchev–Trinajstić information content (AvgIpc) is 3.06. The molecule has 2 aromatic heterocycles. The third-order valence-corrected chi connectivity index (χ3v) is 4.55. The van der Waals surface area contributed by atoms with Crippen LogP contribution in [0.15, 0.2) is 30.5 Å². The first-order valence-electron chi connectivity index (χ1n) is 7.64. The Morgan fingerprint density at radius 2 is 1.96 bits per heavy atom. The molecule has 0 aliphatic carbocycles. The highest BCUT2D eigenvalue weighted by Crippen LogP contribution is 2.22. The van der Waals surface area contributed by atoms with E-state index in [0.29, 0.717) is 33.7 Å². The molecule has 2 heterocycles. The first kappa shape index (κ1) is 17.5. The number of aryl methyl sites for hydroxylation is 2. The van der Waals surface area contributed by atoms with Gasteiger partial charge in [0.05, 0.1) is 17.8 Å². The molecule has 1 aromatic carbocycles. The summed E-state index contributed by atoms with van der Waals surface area (Å²) in [5.41, 5.74) is 2.95. The highest BCUT2D eigenvalue weighted by molar-refractivity contribution is 6.35. The molecule has 0 bridgehead atoms. The standard InChI is InChI=1S/C17H17Cl2N5O/c1-10-16(11(2)23(3)21-10)17(25)20-15-6-7-24(22-15)9-12-4-5-13(18)8-14(12)19/h4-8H,9H2,1-3H3,(H,20,22,25).